The fourth-order valence-corrected chi connectivity index (χ4v) is 3.46. The number of aromatic nitrogens is 1. The molecule has 0 spiro atoms. The predicted molar refractivity (Wildman–Crippen MR) is 109 cm³/mol. The molecule has 0 radical (unpaired) electrons. The maximum atomic E-state index is 12.7. The van der Waals surface area contributed by atoms with Crippen molar-refractivity contribution in [3.05, 3.63) is 71.9 Å². The maximum absolute atomic E-state index is 12.7. The van der Waals surface area contributed by atoms with Gasteiger partial charge in [0.25, 0.3) is 5.91 Å². The van der Waals surface area contributed by atoms with Gasteiger partial charge in [-0.25, -0.2) is 4.98 Å². The summed E-state index contributed by atoms with van der Waals surface area (Å²) in [4.78, 5) is 17.0. The third-order valence-electron chi connectivity index (χ3n) is 4.95. The Labute approximate surface area is 169 Å². The van der Waals surface area contributed by atoms with Crippen LogP contribution in [0.5, 0.6) is 17.4 Å². The van der Waals surface area contributed by atoms with Gasteiger partial charge in [0.1, 0.15) is 0 Å². The van der Waals surface area contributed by atoms with Crippen LogP contribution in [0.2, 0.25) is 0 Å². The van der Waals surface area contributed by atoms with E-state index in [0.717, 1.165) is 22.3 Å². The lowest BCUT2D eigenvalue weighted by Gasteiger charge is -2.12. The molecule has 0 bridgehead atoms. The Hall–Kier alpha value is -3.54. The highest BCUT2D eigenvalue weighted by molar-refractivity contribution is 5.83. The third-order valence-corrected chi connectivity index (χ3v) is 4.95. The fourth-order valence-electron chi connectivity index (χ4n) is 3.46. The number of nitrogens with zero attached hydrogens (tertiary/aromatic N) is 1. The van der Waals surface area contributed by atoms with E-state index in [2.05, 4.69) is 10.3 Å². The summed E-state index contributed by atoms with van der Waals surface area (Å²) in [6, 6.07) is 17.6. The zero-order valence-electron chi connectivity index (χ0n) is 16.3. The highest BCUT2D eigenvalue weighted by Crippen LogP contribution is 2.35. The highest BCUT2D eigenvalue weighted by atomic mass is 16.5. The number of hydrogen-bond acceptors (Lipinski definition) is 5. The van der Waals surface area contributed by atoms with Crippen LogP contribution in [-0.4, -0.2) is 31.2 Å². The highest BCUT2D eigenvalue weighted by Gasteiger charge is 2.32. The van der Waals surface area contributed by atoms with E-state index in [1.165, 1.54) is 0 Å². The summed E-state index contributed by atoms with van der Waals surface area (Å²) in [7, 11) is 3.17. The van der Waals surface area contributed by atoms with Crippen molar-refractivity contribution in [2.24, 2.45) is 0 Å². The first-order valence-corrected chi connectivity index (χ1v) is 9.38. The maximum Gasteiger partial charge on any atom is 0.261 e. The first kappa shape index (κ1) is 18.8. The molecule has 1 atom stereocenters. The van der Waals surface area contributed by atoms with E-state index in [1.807, 2.05) is 54.6 Å². The van der Waals surface area contributed by atoms with Crippen LogP contribution in [0.25, 0.3) is 11.1 Å². The Balaban J connectivity index is 1.44. The number of ether oxygens (including phenoxy) is 3. The lowest BCUT2D eigenvalue weighted by Crippen LogP contribution is -2.37. The number of pyridine rings is 1. The van der Waals surface area contributed by atoms with Crippen LogP contribution in [0.15, 0.2) is 60.8 Å². The van der Waals surface area contributed by atoms with Gasteiger partial charge in [-0.1, -0.05) is 36.4 Å². The summed E-state index contributed by atoms with van der Waals surface area (Å²) in [5, 5.41) is 2.94. The van der Waals surface area contributed by atoms with Crippen molar-refractivity contribution in [2.75, 3.05) is 14.2 Å². The number of amides is 1. The largest absolute Gasteiger partial charge is 0.493 e. The van der Waals surface area contributed by atoms with Gasteiger partial charge in [-0.15, -0.1) is 0 Å². The van der Waals surface area contributed by atoms with Gasteiger partial charge in [0.2, 0.25) is 5.88 Å². The molecule has 29 heavy (non-hydrogen) atoms. The van der Waals surface area contributed by atoms with Gasteiger partial charge in [-0.2, -0.15) is 0 Å². The van der Waals surface area contributed by atoms with Crippen LogP contribution in [0.4, 0.5) is 0 Å². The predicted octanol–water partition coefficient (Wildman–Crippen LogP) is 3.39. The van der Waals surface area contributed by atoms with Gasteiger partial charge < -0.3 is 19.5 Å². The molecule has 1 N–H and O–H groups in total. The molecule has 6 nitrogen and oxygen atoms in total. The van der Waals surface area contributed by atoms with E-state index in [0.29, 0.717) is 30.3 Å². The zero-order valence-corrected chi connectivity index (χ0v) is 16.3. The number of carbonyl (C=O) groups excluding carboxylic acids is 1. The lowest BCUT2D eigenvalue weighted by atomic mass is 9.99. The molecule has 0 fully saturated rings. The van der Waals surface area contributed by atoms with Crippen LogP contribution < -0.4 is 19.5 Å². The molecule has 0 saturated heterocycles. The molecule has 1 aromatic heterocycles. The van der Waals surface area contributed by atoms with Crippen molar-refractivity contribution in [3.8, 4) is 28.5 Å². The number of benzene rings is 2. The Kier molecular flexibility index (Phi) is 5.33. The van der Waals surface area contributed by atoms with Gasteiger partial charge in [0, 0.05) is 24.7 Å². The van der Waals surface area contributed by atoms with Crippen LogP contribution in [-0.2, 0) is 17.8 Å². The van der Waals surface area contributed by atoms with Crippen molar-refractivity contribution in [1.82, 2.24) is 10.3 Å². The van der Waals surface area contributed by atoms with Gasteiger partial charge in [0.15, 0.2) is 17.6 Å². The molecule has 2 aromatic carbocycles. The molecule has 3 aromatic rings. The Morgan fingerprint density at radius 3 is 2.66 bits per heavy atom. The summed E-state index contributed by atoms with van der Waals surface area (Å²) in [6.45, 7) is 0.369. The van der Waals surface area contributed by atoms with Crippen molar-refractivity contribution in [1.29, 1.82) is 0 Å². The fraction of sp³-hybridized carbons (Fsp3) is 0.217. The van der Waals surface area contributed by atoms with E-state index in [-0.39, 0.29) is 5.91 Å². The number of methoxy groups -OCH3 is 2. The number of fused-ring (bicyclic) bond motifs is 1. The van der Waals surface area contributed by atoms with Crippen molar-refractivity contribution < 1.29 is 19.0 Å². The quantitative estimate of drug-likeness (QED) is 0.699. The molecule has 0 aliphatic carbocycles. The Morgan fingerprint density at radius 2 is 1.90 bits per heavy atom. The molecule has 6 heteroatoms. The molecule has 1 unspecified atom stereocenters. The summed E-state index contributed by atoms with van der Waals surface area (Å²) < 4.78 is 16.4. The summed E-state index contributed by atoms with van der Waals surface area (Å²) in [5.41, 5.74) is 4.01. The molecule has 4 rings (SSSR count). The van der Waals surface area contributed by atoms with Gasteiger partial charge in [0.05, 0.1) is 14.2 Å². The second-order valence-electron chi connectivity index (χ2n) is 6.73. The van der Waals surface area contributed by atoms with Gasteiger partial charge in [-0.05, 0) is 34.9 Å². The van der Waals surface area contributed by atoms with E-state index in [1.54, 1.807) is 20.4 Å². The minimum Gasteiger partial charge on any atom is -0.493 e. The summed E-state index contributed by atoms with van der Waals surface area (Å²) >= 11 is 0. The second-order valence-corrected chi connectivity index (χ2v) is 6.73. The monoisotopic (exact) mass is 390 g/mol. The van der Waals surface area contributed by atoms with E-state index >= 15 is 0 Å². The average Bonchev–Trinajstić information content (AvgIpc) is 3.22. The molecular formula is C23H22N2O4. The van der Waals surface area contributed by atoms with E-state index in [9.17, 15) is 4.79 Å². The topological polar surface area (TPSA) is 69.7 Å². The average molecular weight is 390 g/mol. The third kappa shape index (κ3) is 3.87. The van der Waals surface area contributed by atoms with Crippen molar-refractivity contribution in [3.63, 3.8) is 0 Å². The second kappa shape index (κ2) is 8.22. The SMILES string of the molecule is COc1ccc(CNC(=O)C2Cc3c(-c4ccccc4)ccnc3O2)cc1OC. The van der Waals surface area contributed by atoms with Gasteiger partial charge >= 0.3 is 0 Å². The Morgan fingerprint density at radius 1 is 1.10 bits per heavy atom. The zero-order chi connectivity index (χ0) is 20.2. The molecule has 148 valence electrons. The summed E-state index contributed by atoms with van der Waals surface area (Å²) in [5.74, 6) is 1.63. The smallest absolute Gasteiger partial charge is 0.261 e. The molecule has 1 aliphatic heterocycles. The van der Waals surface area contributed by atoms with E-state index in [4.69, 9.17) is 14.2 Å². The number of nitrogens with one attached hydrogen (secondary N) is 1. The first-order chi connectivity index (χ1) is 14.2. The minimum absolute atomic E-state index is 0.170. The molecule has 1 amide bonds. The van der Waals surface area contributed by atoms with E-state index < -0.39 is 6.10 Å². The van der Waals surface area contributed by atoms with Crippen LogP contribution in [0.3, 0.4) is 0 Å². The molecule has 0 saturated carbocycles. The van der Waals surface area contributed by atoms with Crippen LogP contribution in [0.1, 0.15) is 11.1 Å². The van der Waals surface area contributed by atoms with Crippen molar-refractivity contribution in [2.45, 2.75) is 19.1 Å². The number of hydrogen-bond donors (Lipinski definition) is 1. The standard InChI is InChI=1S/C23H22N2O4/c1-27-19-9-8-15(12-20(19)28-2)14-25-22(26)21-13-18-17(10-11-24-23(18)29-21)16-6-4-3-5-7-16/h3-12,21H,13-14H2,1-2H3,(H,25,26). The molecular weight excluding hydrogens is 368 g/mol. The minimum atomic E-state index is -0.595. The van der Waals surface area contributed by atoms with Crippen molar-refractivity contribution >= 4 is 5.91 Å². The number of rotatable bonds is 6. The number of carbonyl (C=O) groups is 1. The van der Waals surface area contributed by atoms with Crippen LogP contribution >= 0.6 is 0 Å². The molecule has 1 aliphatic rings. The van der Waals surface area contributed by atoms with Crippen LogP contribution in [0, 0.1) is 0 Å². The lowest BCUT2D eigenvalue weighted by molar-refractivity contribution is -0.127. The first-order valence-electron chi connectivity index (χ1n) is 9.38. The van der Waals surface area contributed by atoms with Gasteiger partial charge in [-0.3, -0.25) is 4.79 Å². The normalized spacial score (nSPS) is 14.6. The summed E-state index contributed by atoms with van der Waals surface area (Å²) in [6.07, 6.45) is 1.61. The Bertz CT molecular complexity index is 1020. The molecule has 2 heterocycles.